The van der Waals surface area contributed by atoms with E-state index >= 15 is 0 Å². The predicted molar refractivity (Wildman–Crippen MR) is 53.3 cm³/mol. The number of hydrogen-bond acceptors (Lipinski definition) is 1. The number of benzene rings is 1. The van der Waals surface area contributed by atoms with E-state index < -0.39 is 0 Å². The summed E-state index contributed by atoms with van der Waals surface area (Å²) in [6.45, 7) is 3.97. The molecule has 2 heteroatoms. The molecule has 0 atom stereocenters. The normalized spacial score (nSPS) is 9.27. The first-order chi connectivity index (χ1) is 5.15. The first-order valence-electron chi connectivity index (χ1n) is 3.32. The highest BCUT2D eigenvalue weighted by Gasteiger charge is 2.00. The lowest BCUT2D eigenvalue weighted by atomic mass is 10.1. The van der Waals surface area contributed by atoms with Crippen molar-refractivity contribution < 1.29 is 0 Å². The summed E-state index contributed by atoms with van der Waals surface area (Å²) in [4.78, 5) is 0. The SMILES string of the molecule is Cc1cc(C#N)c(C)cc1I. The van der Waals surface area contributed by atoms with Gasteiger partial charge in [0, 0.05) is 3.57 Å². The minimum Gasteiger partial charge on any atom is -0.192 e. The summed E-state index contributed by atoms with van der Waals surface area (Å²) >= 11 is 2.27. The molecule has 0 N–H and O–H groups in total. The van der Waals surface area contributed by atoms with Crippen molar-refractivity contribution >= 4 is 22.6 Å². The Labute approximate surface area is 80.2 Å². The van der Waals surface area contributed by atoms with Gasteiger partial charge in [-0.15, -0.1) is 0 Å². The van der Waals surface area contributed by atoms with Crippen molar-refractivity contribution in [2.24, 2.45) is 0 Å². The molecule has 0 bridgehead atoms. The molecule has 0 spiro atoms. The van der Waals surface area contributed by atoms with Crippen LogP contribution in [0.15, 0.2) is 12.1 Å². The molecular formula is C9H8IN. The molecule has 0 amide bonds. The van der Waals surface area contributed by atoms with E-state index in [4.69, 9.17) is 5.26 Å². The average Bonchev–Trinajstić information content (AvgIpc) is 1.97. The molecule has 1 nitrogen and oxygen atoms in total. The van der Waals surface area contributed by atoms with Gasteiger partial charge in [-0.05, 0) is 59.7 Å². The molecule has 11 heavy (non-hydrogen) atoms. The quantitative estimate of drug-likeness (QED) is 0.655. The van der Waals surface area contributed by atoms with E-state index in [1.807, 2.05) is 26.0 Å². The average molecular weight is 257 g/mol. The van der Waals surface area contributed by atoms with Crippen molar-refractivity contribution in [1.82, 2.24) is 0 Å². The Morgan fingerprint density at radius 3 is 2.45 bits per heavy atom. The van der Waals surface area contributed by atoms with Crippen LogP contribution in [0.25, 0.3) is 0 Å². The minimum atomic E-state index is 0.780. The number of nitrogens with zero attached hydrogens (tertiary/aromatic N) is 1. The minimum absolute atomic E-state index is 0.780. The van der Waals surface area contributed by atoms with Gasteiger partial charge >= 0.3 is 0 Å². The van der Waals surface area contributed by atoms with Gasteiger partial charge in [0.05, 0.1) is 11.6 Å². The Morgan fingerprint density at radius 2 is 1.91 bits per heavy atom. The molecule has 0 radical (unpaired) electrons. The van der Waals surface area contributed by atoms with E-state index in [0.29, 0.717) is 0 Å². The topological polar surface area (TPSA) is 23.8 Å². The number of nitriles is 1. The van der Waals surface area contributed by atoms with E-state index in [2.05, 4.69) is 28.7 Å². The predicted octanol–water partition coefficient (Wildman–Crippen LogP) is 2.78. The number of rotatable bonds is 0. The maximum absolute atomic E-state index is 8.68. The zero-order valence-electron chi connectivity index (χ0n) is 6.48. The van der Waals surface area contributed by atoms with Crippen LogP contribution in [0.2, 0.25) is 0 Å². The monoisotopic (exact) mass is 257 g/mol. The van der Waals surface area contributed by atoms with Crippen molar-refractivity contribution in [3.63, 3.8) is 0 Å². The van der Waals surface area contributed by atoms with Gasteiger partial charge in [0.1, 0.15) is 0 Å². The van der Waals surface area contributed by atoms with Crippen LogP contribution in [0.4, 0.5) is 0 Å². The maximum Gasteiger partial charge on any atom is 0.0994 e. The molecule has 0 aliphatic rings. The van der Waals surface area contributed by atoms with Crippen LogP contribution in [-0.2, 0) is 0 Å². The zero-order valence-corrected chi connectivity index (χ0v) is 8.64. The Kier molecular flexibility index (Phi) is 2.50. The Bertz CT molecular complexity index is 323. The molecule has 1 aromatic carbocycles. The van der Waals surface area contributed by atoms with Crippen LogP contribution >= 0.6 is 22.6 Å². The number of halogens is 1. The maximum atomic E-state index is 8.68. The van der Waals surface area contributed by atoms with E-state index in [1.54, 1.807) is 0 Å². The van der Waals surface area contributed by atoms with Crippen molar-refractivity contribution in [3.8, 4) is 6.07 Å². The van der Waals surface area contributed by atoms with Crippen LogP contribution in [0, 0.1) is 28.7 Å². The van der Waals surface area contributed by atoms with Gasteiger partial charge < -0.3 is 0 Å². The van der Waals surface area contributed by atoms with Gasteiger partial charge in [0.15, 0.2) is 0 Å². The molecule has 1 rings (SSSR count). The number of hydrogen-bond donors (Lipinski definition) is 0. The van der Waals surface area contributed by atoms with E-state index in [1.165, 1.54) is 9.13 Å². The largest absolute Gasteiger partial charge is 0.192 e. The van der Waals surface area contributed by atoms with E-state index in [0.717, 1.165) is 11.1 Å². The van der Waals surface area contributed by atoms with Gasteiger partial charge in [-0.25, -0.2) is 0 Å². The van der Waals surface area contributed by atoms with E-state index in [-0.39, 0.29) is 0 Å². The van der Waals surface area contributed by atoms with Gasteiger partial charge in [0.25, 0.3) is 0 Å². The van der Waals surface area contributed by atoms with Crippen molar-refractivity contribution in [2.75, 3.05) is 0 Å². The summed E-state index contributed by atoms with van der Waals surface area (Å²) in [7, 11) is 0. The molecule has 0 fully saturated rings. The fourth-order valence-electron chi connectivity index (χ4n) is 0.901. The standard InChI is InChI=1S/C9H8IN/c1-6-4-9(10)7(2)3-8(6)5-11/h3-4H,1-2H3. The molecule has 0 heterocycles. The smallest absolute Gasteiger partial charge is 0.0994 e. The highest BCUT2D eigenvalue weighted by Crippen LogP contribution is 2.16. The molecule has 56 valence electrons. The van der Waals surface area contributed by atoms with Crippen molar-refractivity contribution in [3.05, 3.63) is 32.4 Å². The second kappa shape index (κ2) is 3.22. The number of aryl methyl sites for hydroxylation is 2. The first kappa shape index (κ1) is 8.54. The van der Waals surface area contributed by atoms with Crippen LogP contribution < -0.4 is 0 Å². The Balaban J connectivity index is 3.35. The molecule has 0 saturated heterocycles. The lowest BCUT2D eigenvalue weighted by molar-refractivity contribution is 1.32. The summed E-state index contributed by atoms with van der Waals surface area (Å²) in [5.41, 5.74) is 3.01. The van der Waals surface area contributed by atoms with Crippen molar-refractivity contribution in [2.45, 2.75) is 13.8 Å². The van der Waals surface area contributed by atoms with Gasteiger partial charge in [-0.3, -0.25) is 0 Å². The lowest BCUT2D eigenvalue weighted by Crippen LogP contribution is -1.87. The molecule has 0 unspecified atom stereocenters. The highest BCUT2D eigenvalue weighted by molar-refractivity contribution is 14.1. The molecule has 0 aliphatic carbocycles. The Hall–Kier alpha value is -0.560. The summed E-state index contributed by atoms with van der Waals surface area (Å²) in [5.74, 6) is 0. The third-order valence-corrected chi connectivity index (χ3v) is 2.79. The summed E-state index contributed by atoms with van der Waals surface area (Å²) in [6, 6.07) is 6.12. The third kappa shape index (κ3) is 1.72. The first-order valence-corrected chi connectivity index (χ1v) is 4.40. The fourth-order valence-corrected chi connectivity index (χ4v) is 1.52. The van der Waals surface area contributed by atoms with Crippen LogP contribution in [0.1, 0.15) is 16.7 Å². The third-order valence-electron chi connectivity index (χ3n) is 1.63. The van der Waals surface area contributed by atoms with Crippen LogP contribution in [0.3, 0.4) is 0 Å². The molecule has 0 saturated carbocycles. The molecule has 1 aromatic rings. The highest BCUT2D eigenvalue weighted by atomic mass is 127. The zero-order chi connectivity index (χ0) is 8.43. The molecular weight excluding hydrogens is 249 g/mol. The van der Waals surface area contributed by atoms with E-state index in [9.17, 15) is 0 Å². The fraction of sp³-hybridized carbons (Fsp3) is 0.222. The van der Waals surface area contributed by atoms with Gasteiger partial charge in [-0.2, -0.15) is 5.26 Å². The van der Waals surface area contributed by atoms with Crippen molar-refractivity contribution in [1.29, 1.82) is 5.26 Å². The van der Waals surface area contributed by atoms with Gasteiger partial charge in [-0.1, -0.05) is 0 Å². The lowest BCUT2D eigenvalue weighted by Gasteiger charge is -2.01. The summed E-state index contributed by atoms with van der Waals surface area (Å²) < 4.78 is 1.22. The molecule has 0 aliphatic heterocycles. The van der Waals surface area contributed by atoms with Crippen LogP contribution in [-0.4, -0.2) is 0 Å². The van der Waals surface area contributed by atoms with Crippen LogP contribution in [0.5, 0.6) is 0 Å². The van der Waals surface area contributed by atoms with Gasteiger partial charge in [0.2, 0.25) is 0 Å². The molecule has 0 aromatic heterocycles. The summed E-state index contributed by atoms with van der Waals surface area (Å²) in [6.07, 6.45) is 0. The summed E-state index contributed by atoms with van der Waals surface area (Å²) in [5, 5.41) is 8.68. The second-order valence-electron chi connectivity index (χ2n) is 2.53. The Morgan fingerprint density at radius 1 is 1.27 bits per heavy atom. The second-order valence-corrected chi connectivity index (χ2v) is 3.69.